The van der Waals surface area contributed by atoms with Crippen molar-refractivity contribution in [3.05, 3.63) is 70.9 Å². The van der Waals surface area contributed by atoms with Crippen molar-refractivity contribution in [2.75, 3.05) is 24.9 Å². The fourth-order valence-corrected chi connectivity index (χ4v) is 2.81. The van der Waals surface area contributed by atoms with Crippen LogP contribution in [0.2, 0.25) is 0 Å². The van der Waals surface area contributed by atoms with Crippen LogP contribution in [0.15, 0.2) is 48.5 Å². The zero-order chi connectivity index (χ0) is 19.9. The maximum absolute atomic E-state index is 5.35. The van der Waals surface area contributed by atoms with Crippen LogP contribution in [-0.2, 0) is 13.1 Å². The lowest BCUT2D eigenvalue weighted by Gasteiger charge is -2.12. The number of methoxy groups -OCH3 is 2. The molecule has 6 nitrogen and oxygen atoms in total. The summed E-state index contributed by atoms with van der Waals surface area (Å²) in [6, 6.07) is 16.2. The van der Waals surface area contributed by atoms with E-state index in [0.717, 1.165) is 17.1 Å². The minimum atomic E-state index is 0.584. The Morgan fingerprint density at radius 3 is 2.14 bits per heavy atom. The van der Waals surface area contributed by atoms with Crippen LogP contribution >= 0.6 is 0 Å². The normalized spacial score (nSPS) is 10.4. The molecule has 28 heavy (non-hydrogen) atoms. The third kappa shape index (κ3) is 5.13. The molecule has 0 aliphatic heterocycles. The first kappa shape index (κ1) is 19.5. The number of nitrogens with one attached hydrogen (secondary N) is 2. The third-order valence-corrected chi connectivity index (χ3v) is 4.35. The second-order valence-electron chi connectivity index (χ2n) is 6.60. The number of hydrogen-bond donors (Lipinski definition) is 2. The molecule has 0 saturated heterocycles. The highest BCUT2D eigenvalue weighted by molar-refractivity contribution is 5.45. The van der Waals surface area contributed by atoms with E-state index in [1.54, 1.807) is 14.2 Å². The van der Waals surface area contributed by atoms with E-state index >= 15 is 0 Å². The van der Waals surface area contributed by atoms with Crippen LogP contribution in [0.25, 0.3) is 0 Å². The lowest BCUT2D eigenvalue weighted by molar-refractivity contribution is 0.354. The van der Waals surface area contributed by atoms with Crippen molar-refractivity contribution in [3.8, 4) is 11.5 Å². The summed E-state index contributed by atoms with van der Waals surface area (Å²) in [6.45, 7) is 5.34. The molecule has 3 aromatic rings. The Labute approximate surface area is 166 Å². The van der Waals surface area contributed by atoms with E-state index in [0.29, 0.717) is 30.5 Å². The Hall–Kier alpha value is -3.28. The molecule has 1 heterocycles. The van der Waals surface area contributed by atoms with E-state index in [1.165, 1.54) is 11.1 Å². The number of aryl methyl sites for hydroxylation is 2. The number of aromatic nitrogens is 2. The molecule has 0 amide bonds. The molecule has 0 unspecified atom stereocenters. The SMILES string of the molecule is COc1ccc(CNc2nc(C)cc(NCc3ccc(C)cc3)n2)cc1OC. The topological polar surface area (TPSA) is 68.3 Å². The van der Waals surface area contributed by atoms with Gasteiger partial charge in [0.25, 0.3) is 0 Å². The minimum absolute atomic E-state index is 0.584. The van der Waals surface area contributed by atoms with Gasteiger partial charge in [0, 0.05) is 24.8 Å². The average molecular weight is 378 g/mol. The van der Waals surface area contributed by atoms with Gasteiger partial charge in [0.2, 0.25) is 5.95 Å². The third-order valence-electron chi connectivity index (χ3n) is 4.35. The van der Waals surface area contributed by atoms with Crippen LogP contribution in [0.1, 0.15) is 22.4 Å². The van der Waals surface area contributed by atoms with Gasteiger partial charge in [-0.25, -0.2) is 4.98 Å². The molecule has 0 bridgehead atoms. The molecule has 2 aromatic carbocycles. The van der Waals surface area contributed by atoms with E-state index < -0.39 is 0 Å². The zero-order valence-corrected chi connectivity index (χ0v) is 16.7. The predicted molar refractivity (Wildman–Crippen MR) is 112 cm³/mol. The average Bonchev–Trinajstić information content (AvgIpc) is 2.71. The van der Waals surface area contributed by atoms with E-state index in [-0.39, 0.29) is 0 Å². The van der Waals surface area contributed by atoms with E-state index in [1.807, 2.05) is 31.2 Å². The van der Waals surface area contributed by atoms with Gasteiger partial charge in [-0.3, -0.25) is 0 Å². The van der Waals surface area contributed by atoms with E-state index in [9.17, 15) is 0 Å². The Bertz CT molecular complexity index is 926. The Kier molecular flexibility index (Phi) is 6.32. The summed E-state index contributed by atoms with van der Waals surface area (Å²) in [4.78, 5) is 9.04. The zero-order valence-electron chi connectivity index (χ0n) is 16.7. The van der Waals surface area contributed by atoms with Crippen LogP contribution in [0.5, 0.6) is 11.5 Å². The molecule has 0 radical (unpaired) electrons. The van der Waals surface area contributed by atoms with Gasteiger partial charge in [-0.15, -0.1) is 0 Å². The Morgan fingerprint density at radius 2 is 1.43 bits per heavy atom. The highest BCUT2D eigenvalue weighted by Crippen LogP contribution is 2.27. The Morgan fingerprint density at radius 1 is 0.750 bits per heavy atom. The van der Waals surface area contributed by atoms with Crippen LogP contribution in [-0.4, -0.2) is 24.2 Å². The van der Waals surface area contributed by atoms with Gasteiger partial charge in [-0.1, -0.05) is 35.9 Å². The first-order valence-electron chi connectivity index (χ1n) is 9.17. The van der Waals surface area contributed by atoms with Crippen molar-refractivity contribution in [3.63, 3.8) is 0 Å². The van der Waals surface area contributed by atoms with Gasteiger partial charge in [0.05, 0.1) is 14.2 Å². The highest BCUT2D eigenvalue weighted by Gasteiger charge is 2.06. The fraction of sp³-hybridized carbons (Fsp3) is 0.273. The van der Waals surface area contributed by atoms with Crippen LogP contribution in [0.4, 0.5) is 11.8 Å². The molecular weight excluding hydrogens is 352 g/mol. The number of nitrogens with zero attached hydrogens (tertiary/aromatic N) is 2. The summed E-state index contributed by atoms with van der Waals surface area (Å²) in [5, 5.41) is 6.64. The summed E-state index contributed by atoms with van der Waals surface area (Å²) in [5.74, 6) is 2.79. The molecule has 3 rings (SSSR count). The maximum Gasteiger partial charge on any atom is 0.225 e. The smallest absolute Gasteiger partial charge is 0.225 e. The summed E-state index contributed by atoms with van der Waals surface area (Å²) in [6.07, 6.45) is 0. The quantitative estimate of drug-likeness (QED) is 0.608. The predicted octanol–water partition coefficient (Wildman–Crippen LogP) is 4.33. The van der Waals surface area contributed by atoms with Crippen LogP contribution in [0.3, 0.4) is 0 Å². The number of hydrogen-bond acceptors (Lipinski definition) is 6. The number of benzene rings is 2. The van der Waals surface area contributed by atoms with Gasteiger partial charge in [0.15, 0.2) is 11.5 Å². The molecule has 0 fully saturated rings. The molecule has 0 spiro atoms. The van der Waals surface area contributed by atoms with Gasteiger partial charge in [0.1, 0.15) is 5.82 Å². The largest absolute Gasteiger partial charge is 0.493 e. The standard InChI is InChI=1S/C22H26N4O2/c1-15-5-7-17(8-6-15)13-23-21-11-16(2)25-22(26-21)24-14-18-9-10-19(27-3)20(12-18)28-4/h5-12H,13-14H2,1-4H3,(H2,23,24,25,26). The lowest BCUT2D eigenvalue weighted by Crippen LogP contribution is -2.08. The number of ether oxygens (including phenoxy) is 2. The number of rotatable bonds is 8. The highest BCUT2D eigenvalue weighted by atomic mass is 16.5. The Balaban J connectivity index is 1.65. The minimum Gasteiger partial charge on any atom is -0.493 e. The molecule has 1 aromatic heterocycles. The summed E-state index contributed by atoms with van der Waals surface area (Å²) < 4.78 is 10.6. The molecule has 146 valence electrons. The van der Waals surface area contributed by atoms with Gasteiger partial charge in [-0.2, -0.15) is 4.98 Å². The van der Waals surface area contributed by atoms with Crippen molar-refractivity contribution >= 4 is 11.8 Å². The van der Waals surface area contributed by atoms with E-state index in [4.69, 9.17) is 9.47 Å². The monoisotopic (exact) mass is 378 g/mol. The molecular formula is C22H26N4O2. The van der Waals surface area contributed by atoms with Crippen molar-refractivity contribution in [2.45, 2.75) is 26.9 Å². The van der Waals surface area contributed by atoms with Crippen molar-refractivity contribution in [1.29, 1.82) is 0 Å². The molecule has 0 aliphatic rings. The van der Waals surface area contributed by atoms with E-state index in [2.05, 4.69) is 51.8 Å². The van der Waals surface area contributed by atoms with Crippen LogP contribution < -0.4 is 20.1 Å². The van der Waals surface area contributed by atoms with Crippen molar-refractivity contribution in [2.24, 2.45) is 0 Å². The van der Waals surface area contributed by atoms with Gasteiger partial charge in [-0.05, 0) is 37.1 Å². The summed E-state index contributed by atoms with van der Waals surface area (Å²) in [5.41, 5.74) is 4.41. The molecule has 2 N–H and O–H groups in total. The van der Waals surface area contributed by atoms with Crippen LogP contribution in [0, 0.1) is 13.8 Å². The second kappa shape index (κ2) is 9.08. The second-order valence-corrected chi connectivity index (χ2v) is 6.60. The van der Waals surface area contributed by atoms with Gasteiger partial charge >= 0.3 is 0 Å². The maximum atomic E-state index is 5.35. The summed E-state index contributed by atoms with van der Waals surface area (Å²) >= 11 is 0. The first-order valence-corrected chi connectivity index (χ1v) is 9.17. The molecule has 6 heteroatoms. The van der Waals surface area contributed by atoms with Crippen molar-refractivity contribution in [1.82, 2.24) is 9.97 Å². The molecule has 0 aliphatic carbocycles. The lowest BCUT2D eigenvalue weighted by atomic mass is 10.1. The summed E-state index contributed by atoms with van der Waals surface area (Å²) in [7, 11) is 3.26. The fourth-order valence-electron chi connectivity index (χ4n) is 2.81. The van der Waals surface area contributed by atoms with Gasteiger partial charge < -0.3 is 20.1 Å². The molecule has 0 atom stereocenters. The molecule has 0 saturated carbocycles. The number of anilines is 2. The first-order chi connectivity index (χ1) is 13.6. The van der Waals surface area contributed by atoms with Crippen molar-refractivity contribution < 1.29 is 9.47 Å².